The van der Waals surface area contributed by atoms with Crippen LogP contribution in [0.25, 0.3) is 0 Å². The van der Waals surface area contributed by atoms with Crippen molar-refractivity contribution in [1.82, 2.24) is 0 Å². The largest absolute Gasteiger partial charge is 0.469 e. The minimum absolute atomic E-state index is 0.0790. The molecule has 128 valence electrons. The van der Waals surface area contributed by atoms with Gasteiger partial charge in [-0.05, 0) is 20.8 Å². The highest BCUT2D eigenvalue weighted by molar-refractivity contribution is 7.99. The Morgan fingerprint density at radius 1 is 1.05 bits per heavy atom. The summed E-state index contributed by atoms with van der Waals surface area (Å²) in [4.78, 5) is 34.7. The molecule has 0 fully saturated rings. The van der Waals surface area contributed by atoms with Gasteiger partial charge in [-0.1, -0.05) is 0 Å². The number of thioether (sulfide) groups is 1. The van der Waals surface area contributed by atoms with Crippen molar-refractivity contribution in [2.75, 3.05) is 25.7 Å². The van der Waals surface area contributed by atoms with E-state index in [0.29, 0.717) is 5.75 Å². The summed E-state index contributed by atoms with van der Waals surface area (Å²) in [6.45, 7) is 5.26. The van der Waals surface area contributed by atoms with Crippen LogP contribution in [-0.4, -0.2) is 55.3 Å². The highest BCUT2D eigenvalue weighted by Gasteiger charge is 2.26. The number of carbonyl (C=O) groups is 3. The van der Waals surface area contributed by atoms with Gasteiger partial charge >= 0.3 is 17.9 Å². The molecule has 2 N–H and O–H groups in total. The Morgan fingerprint density at radius 2 is 1.59 bits per heavy atom. The van der Waals surface area contributed by atoms with Crippen LogP contribution in [0.1, 0.15) is 27.2 Å². The zero-order valence-electron chi connectivity index (χ0n) is 13.7. The number of carbonyl (C=O) groups excluding carboxylic acids is 3. The maximum Gasteiger partial charge on any atom is 0.323 e. The molecule has 8 heteroatoms. The van der Waals surface area contributed by atoms with Gasteiger partial charge in [0.1, 0.15) is 11.6 Å². The van der Waals surface area contributed by atoms with Gasteiger partial charge in [0.2, 0.25) is 0 Å². The highest BCUT2D eigenvalue weighted by Crippen LogP contribution is 2.18. The molecule has 2 atom stereocenters. The number of esters is 3. The molecule has 0 aliphatic heterocycles. The third kappa shape index (κ3) is 8.89. The van der Waals surface area contributed by atoms with E-state index >= 15 is 0 Å². The molecular weight excluding hydrogens is 310 g/mol. The van der Waals surface area contributed by atoms with Crippen molar-refractivity contribution in [2.45, 2.75) is 38.8 Å². The van der Waals surface area contributed by atoms with Gasteiger partial charge in [-0.3, -0.25) is 14.4 Å². The lowest BCUT2D eigenvalue weighted by molar-refractivity contribution is -0.160. The van der Waals surface area contributed by atoms with Crippen molar-refractivity contribution >= 4 is 29.7 Å². The Balaban J connectivity index is 4.45. The number of methoxy groups -OCH3 is 2. The van der Waals surface area contributed by atoms with E-state index in [0.717, 1.165) is 0 Å². The second-order valence-corrected chi connectivity index (χ2v) is 6.75. The first-order chi connectivity index (χ1) is 10.1. The maximum absolute atomic E-state index is 11.8. The Hall–Kier alpha value is -1.28. The van der Waals surface area contributed by atoms with Crippen molar-refractivity contribution in [3.8, 4) is 0 Å². The average molecular weight is 335 g/mol. The zero-order valence-corrected chi connectivity index (χ0v) is 14.5. The molecule has 0 aromatic heterocycles. The van der Waals surface area contributed by atoms with Gasteiger partial charge in [-0.15, -0.1) is 0 Å². The van der Waals surface area contributed by atoms with Gasteiger partial charge in [-0.25, -0.2) is 0 Å². The van der Waals surface area contributed by atoms with Crippen molar-refractivity contribution in [2.24, 2.45) is 11.7 Å². The summed E-state index contributed by atoms with van der Waals surface area (Å²) >= 11 is 1.28. The summed E-state index contributed by atoms with van der Waals surface area (Å²) < 4.78 is 14.4. The standard InChI is InChI=1S/C14H25NO6S/c1-14(2,3)21-11(16)6-9(12(17)19-4)7-22-8-10(15)13(18)20-5/h9-10H,6-8,15H2,1-5H3/t9-,10+/m0/s1. The second-order valence-electron chi connectivity index (χ2n) is 5.68. The number of nitrogens with two attached hydrogens (primary N) is 1. The molecule has 0 spiro atoms. The van der Waals surface area contributed by atoms with Crippen molar-refractivity contribution in [3.63, 3.8) is 0 Å². The Kier molecular flexibility index (Phi) is 9.12. The van der Waals surface area contributed by atoms with Gasteiger partial charge in [0.15, 0.2) is 0 Å². The smallest absolute Gasteiger partial charge is 0.323 e. The molecular formula is C14H25NO6S. The SMILES string of the molecule is COC(=O)[C@H](CSC[C@@H](N)C(=O)OC)CC(=O)OC(C)(C)C. The lowest BCUT2D eigenvalue weighted by Crippen LogP contribution is -2.34. The van der Waals surface area contributed by atoms with E-state index in [4.69, 9.17) is 10.5 Å². The van der Waals surface area contributed by atoms with Crippen LogP contribution >= 0.6 is 11.8 Å². The van der Waals surface area contributed by atoms with E-state index in [2.05, 4.69) is 9.47 Å². The first-order valence-electron chi connectivity index (χ1n) is 6.81. The quantitative estimate of drug-likeness (QED) is 0.511. The van der Waals surface area contributed by atoms with Gasteiger partial charge in [0.05, 0.1) is 26.6 Å². The first-order valence-corrected chi connectivity index (χ1v) is 7.97. The molecule has 0 unspecified atom stereocenters. The van der Waals surface area contributed by atoms with Crippen LogP contribution in [0.2, 0.25) is 0 Å². The van der Waals surface area contributed by atoms with E-state index in [1.807, 2.05) is 0 Å². The summed E-state index contributed by atoms with van der Waals surface area (Å²) in [6, 6.07) is -0.769. The molecule has 0 radical (unpaired) electrons. The molecule has 0 aliphatic rings. The Morgan fingerprint density at radius 3 is 2.05 bits per heavy atom. The molecule has 0 amide bonds. The Bertz CT molecular complexity index is 393. The third-order valence-electron chi connectivity index (χ3n) is 2.49. The van der Waals surface area contributed by atoms with Crippen LogP contribution in [0, 0.1) is 5.92 Å². The summed E-state index contributed by atoms with van der Waals surface area (Å²) in [5.74, 6) is -1.54. The molecule has 7 nitrogen and oxygen atoms in total. The van der Waals surface area contributed by atoms with Gasteiger partial charge in [-0.2, -0.15) is 11.8 Å². The summed E-state index contributed by atoms with van der Waals surface area (Å²) in [6.07, 6.45) is -0.0790. The minimum Gasteiger partial charge on any atom is -0.469 e. The lowest BCUT2D eigenvalue weighted by Gasteiger charge is -2.21. The fraction of sp³-hybridized carbons (Fsp3) is 0.786. The van der Waals surface area contributed by atoms with E-state index in [1.54, 1.807) is 20.8 Å². The fourth-order valence-electron chi connectivity index (χ4n) is 1.52. The minimum atomic E-state index is -0.769. The Labute approximate surface area is 135 Å². The van der Waals surface area contributed by atoms with Gasteiger partial charge in [0, 0.05) is 11.5 Å². The van der Waals surface area contributed by atoms with E-state index in [9.17, 15) is 14.4 Å². The van der Waals surface area contributed by atoms with Crippen LogP contribution in [0.4, 0.5) is 0 Å². The number of ether oxygens (including phenoxy) is 3. The summed E-state index contributed by atoms with van der Waals surface area (Å²) in [5.41, 5.74) is 4.99. The number of hydrogen-bond acceptors (Lipinski definition) is 8. The van der Waals surface area contributed by atoms with Crippen LogP contribution < -0.4 is 5.73 Å². The highest BCUT2D eigenvalue weighted by atomic mass is 32.2. The second kappa shape index (κ2) is 9.68. The molecule has 0 rings (SSSR count). The van der Waals surface area contributed by atoms with Gasteiger partial charge < -0.3 is 19.9 Å². The molecule has 0 heterocycles. The topological polar surface area (TPSA) is 105 Å². The number of rotatable bonds is 8. The molecule has 22 heavy (non-hydrogen) atoms. The predicted molar refractivity (Wildman–Crippen MR) is 83.3 cm³/mol. The van der Waals surface area contributed by atoms with E-state index in [-0.39, 0.29) is 12.2 Å². The molecule has 0 saturated carbocycles. The lowest BCUT2D eigenvalue weighted by atomic mass is 10.1. The molecule has 0 aliphatic carbocycles. The van der Waals surface area contributed by atoms with Crippen LogP contribution in [0.3, 0.4) is 0 Å². The van der Waals surface area contributed by atoms with Crippen LogP contribution in [0.5, 0.6) is 0 Å². The maximum atomic E-state index is 11.8. The van der Waals surface area contributed by atoms with Crippen LogP contribution in [-0.2, 0) is 28.6 Å². The molecule has 0 aromatic carbocycles. The first kappa shape index (κ1) is 20.7. The summed E-state index contributed by atoms with van der Waals surface area (Å²) in [5, 5.41) is 0. The summed E-state index contributed by atoms with van der Waals surface area (Å²) in [7, 11) is 2.52. The molecule has 0 saturated heterocycles. The van der Waals surface area contributed by atoms with Crippen molar-refractivity contribution in [3.05, 3.63) is 0 Å². The van der Waals surface area contributed by atoms with E-state index < -0.39 is 35.5 Å². The molecule has 0 bridgehead atoms. The number of hydrogen-bond donors (Lipinski definition) is 1. The van der Waals surface area contributed by atoms with Crippen molar-refractivity contribution in [1.29, 1.82) is 0 Å². The third-order valence-corrected chi connectivity index (χ3v) is 3.72. The van der Waals surface area contributed by atoms with Gasteiger partial charge in [0.25, 0.3) is 0 Å². The van der Waals surface area contributed by atoms with E-state index in [1.165, 1.54) is 26.0 Å². The molecule has 0 aromatic rings. The average Bonchev–Trinajstić information content (AvgIpc) is 2.42. The monoisotopic (exact) mass is 335 g/mol. The fourth-order valence-corrected chi connectivity index (χ4v) is 2.58. The predicted octanol–water partition coefficient (Wildman–Crippen LogP) is 0.741. The normalized spacial score (nSPS) is 13.9. The van der Waals surface area contributed by atoms with Crippen molar-refractivity contribution < 1.29 is 28.6 Å². The van der Waals surface area contributed by atoms with Crippen LogP contribution in [0.15, 0.2) is 0 Å². The zero-order chi connectivity index (χ0) is 17.3.